The summed E-state index contributed by atoms with van der Waals surface area (Å²) >= 11 is 3.62. The van der Waals surface area contributed by atoms with Crippen molar-refractivity contribution < 1.29 is 9.21 Å². The molecule has 0 radical (unpaired) electrons. The van der Waals surface area contributed by atoms with E-state index in [0.29, 0.717) is 17.2 Å². The minimum absolute atomic E-state index is 0.0871. The van der Waals surface area contributed by atoms with E-state index in [0.717, 1.165) is 26.6 Å². The summed E-state index contributed by atoms with van der Waals surface area (Å²) in [6.07, 6.45) is 0. The second-order valence-electron chi connectivity index (χ2n) is 5.97. The van der Waals surface area contributed by atoms with Crippen LogP contribution in [0.4, 0.5) is 5.69 Å². The lowest BCUT2D eigenvalue weighted by atomic mass is 10.2. The smallest absolute Gasteiger partial charge is 0.244 e. The number of hydrogen-bond donors (Lipinski definition) is 1. The van der Waals surface area contributed by atoms with E-state index in [1.807, 2.05) is 54.0 Å². The van der Waals surface area contributed by atoms with Crippen LogP contribution >= 0.6 is 15.9 Å². The number of hydrogen-bond acceptors (Lipinski definition) is 3. The summed E-state index contributed by atoms with van der Waals surface area (Å²) in [5, 5.41) is 4.04. The Kier molecular flexibility index (Phi) is 3.84. The number of fused-ring (bicyclic) bond motifs is 2. The van der Waals surface area contributed by atoms with Gasteiger partial charge in [0.05, 0.1) is 0 Å². The number of nitrogens with one attached hydrogen (secondary N) is 1. The highest BCUT2D eigenvalue weighted by atomic mass is 79.9. The Morgan fingerprint density at radius 2 is 2.04 bits per heavy atom. The third-order valence-electron chi connectivity index (χ3n) is 4.23. The fourth-order valence-corrected chi connectivity index (χ4v) is 3.61. The predicted octanol–water partition coefficient (Wildman–Crippen LogP) is 4.80. The molecular formula is C19H16BrN3O2. The summed E-state index contributed by atoms with van der Waals surface area (Å²) in [6, 6.07) is 13.5. The van der Waals surface area contributed by atoms with Crippen LogP contribution in [0.1, 0.15) is 11.6 Å². The van der Waals surface area contributed by atoms with E-state index in [2.05, 4.69) is 26.2 Å². The van der Waals surface area contributed by atoms with Gasteiger partial charge in [0.15, 0.2) is 11.5 Å². The zero-order valence-corrected chi connectivity index (χ0v) is 15.4. The molecule has 0 saturated carbocycles. The number of aryl methyl sites for hydroxylation is 1. The van der Waals surface area contributed by atoms with Gasteiger partial charge in [0.25, 0.3) is 0 Å². The number of carbonyl (C=O) groups is 1. The van der Waals surface area contributed by atoms with Gasteiger partial charge in [-0.3, -0.25) is 4.79 Å². The highest BCUT2D eigenvalue weighted by Crippen LogP contribution is 2.30. The lowest BCUT2D eigenvalue weighted by molar-refractivity contribution is -0.116. The summed E-state index contributed by atoms with van der Waals surface area (Å²) in [5.74, 6) is 0.522. The third-order valence-corrected chi connectivity index (χ3v) is 5.23. The first-order valence-corrected chi connectivity index (χ1v) is 8.72. The minimum Gasteiger partial charge on any atom is -0.441 e. The monoisotopic (exact) mass is 397 g/mol. The summed E-state index contributed by atoms with van der Waals surface area (Å²) < 4.78 is 8.49. The van der Waals surface area contributed by atoms with Crippen LogP contribution < -0.4 is 5.32 Å². The van der Waals surface area contributed by atoms with Crippen LogP contribution in [0, 0.1) is 13.8 Å². The molecule has 2 heterocycles. The maximum absolute atomic E-state index is 12.5. The highest BCUT2D eigenvalue weighted by Gasteiger charge is 2.14. The first-order chi connectivity index (χ1) is 12.0. The fourth-order valence-electron chi connectivity index (χ4n) is 3.06. The molecule has 0 saturated heterocycles. The first-order valence-electron chi connectivity index (χ1n) is 7.93. The van der Waals surface area contributed by atoms with E-state index in [4.69, 9.17) is 4.42 Å². The van der Waals surface area contributed by atoms with Gasteiger partial charge in [0, 0.05) is 33.7 Å². The molecule has 1 amide bonds. The van der Waals surface area contributed by atoms with Gasteiger partial charge < -0.3 is 14.3 Å². The van der Waals surface area contributed by atoms with Crippen LogP contribution in [-0.2, 0) is 11.3 Å². The van der Waals surface area contributed by atoms with Crippen molar-refractivity contribution in [2.75, 3.05) is 5.32 Å². The molecule has 126 valence electrons. The molecule has 0 unspecified atom stereocenters. The number of amides is 1. The van der Waals surface area contributed by atoms with E-state index in [9.17, 15) is 4.79 Å². The number of para-hydroxylation sites is 1. The molecule has 25 heavy (non-hydrogen) atoms. The third kappa shape index (κ3) is 2.82. The Bertz CT molecular complexity index is 1110. The average Bonchev–Trinajstić information content (AvgIpc) is 3.07. The van der Waals surface area contributed by atoms with Crippen molar-refractivity contribution in [1.29, 1.82) is 0 Å². The summed E-state index contributed by atoms with van der Waals surface area (Å²) in [6.45, 7) is 4.05. The Hall–Kier alpha value is -2.60. The molecule has 1 N–H and O–H groups in total. The molecule has 0 fully saturated rings. The maximum atomic E-state index is 12.5. The van der Waals surface area contributed by atoms with Crippen molar-refractivity contribution in [3.05, 3.63) is 58.5 Å². The Morgan fingerprint density at radius 1 is 1.24 bits per heavy atom. The number of nitrogens with zero attached hydrogens (tertiary/aromatic N) is 2. The number of rotatable bonds is 3. The molecule has 4 rings (SSSR count). The normalized spacial score (nSPS) is 11.3. The summed E-state index contributed by atoms with van der Waals surface area (Å²) in [4.78, 5) is 16.8. The number of aromatic nitrogens is 2. The van der Waals surface area contributed by atoms with E-state index in [1.54, 1.807) is 6.92 Å². The molecule has 0 bridgehead atoms. The quantitative estimate of drug-likeness (QED) is 0.539. The van der Waals surface area contributed by atoms with Crippen LogP contribution in [0.3, 0.4) is 0 Å². The van der Waals surface area contributed by atoms with Gasteiger partial charge in [-0.25, -0.2) is 4.98 Å². The van der Waals surface area contributed by atoms with Crippen LogP contribution in [0.2, 0.25) is 0 Å². The largest absolute Gasteiger partial charge is 0.441 e. The number of benzene rings is 2. The average molecular weight is 398 g/mol. The number of anilines is 1. The van der Waals surface area contributed by atoms with E-state index in [-0.39, 0.29) is 12.5 Å². The van der Waals surface area contributed by atoms with Gasteiger partial charge in [-0.1, -0.05) is 18.2 Å². The molecule has 0 spiro atoms. The zero-order chi connectivity index (χ0) is 17.6. The molecule has 4 aromatic rings. The molecule has 0 aliphatic carbocycles. The van der Waals surface area contributed by atoms with Crippen LogP contribution in [0.25, 0.3) is 22.0 Å². The van der Waals surface area contributed by atoms with Crippen molar-refractivity contribution in [3.63, 3.8) is 0 Å². The van der Waals surface area contributed by atoms with Gasteiger partial charge >= 0.3 is 0 Å². The first kappa shape index (κ1) is 15.9. The van der Waals surface area contributed by atoms with E-state index >= 15 is 0 Å². The van der Waals surface area contributed by atoms with Crippen LogP contribution in [0.15, 0.2) is 51.4 Å². The molecule has 2 aromatic heterocycles. The number of carbonyl (C=O) groups excluding carboxylic acids is 1. The SMILES string of the molecule is Cc1nc2cc(NC(=O)Cn3c(C)c(Br)c4ccccc43)ccc2o1. The lowest BCUT2D eigenvalue weighted by Gasteiger charge is -2.09. The Labute approximate surface area is 152 Å². The van der Waals surface area contributed by atoms with Gasteiger partial charge in [-0.05, 0) is 47.1 Å². The minimum atomic E-state index is -0.0871. The van der Waals surface area contributed by atoms with E-state index < -0.39 is 0 Å². The molecule has 0 atom stereocenters. The highest BCUT2D eigenvalue weighted by molar-refractivity contribution is 9.10. The molecule has 2 aromatic carbocycles. The summed E-state index contributed by atoms with van der Waals surface area (Å²) in [7, 11) is 0. The fraction of sp³-hybridized carbons (Fsp3) is 0.158. The Balaban J connectivity index is 1.60. The predicted molar refractivity (Wildman–Crippen MR) is 102 cm³/mol. The van der Waals surface area contributed by atoms with Crippen LogP contribution in [-0.4, -0.2) is 15.5 Å². The standard InChI is InChI=1S/C19H16BrN3O2/c1-11-19(20)14-5-3-4-6-16(14)23(11)10-18(24)22-13-7-8-17-15(9-13)21-12(2)25-17/h3-9H,10H2,1-2H3,(H,22,24). The molecule has 0 aliphatic rings. The number of oxazole rings is 1. The van der Waals surface area contributed by atoms with Crippen LogP contribution in [0.5, 0.6) is 0 Å². The van der Waals surface area contributed by atoms with E-state index in [1.165, 1.54) is 0 Å². The van der Waals surface area contributed by atoms with Gasteiger partial charge in [0.2, 0.25) is 5.91 Å². The second-order valence-corrected chi connectivity index (χ2v) is 6.76. The molecular weight excluding hydrogens is 382 g/mol. The Morgan fingerprint density at radius 3 is 2.88 bits per heavy atom. The van der Waals surface area contributed by atoms with Gasteiger partial charge in [-0.15, -0.1) is 0 Å². The molecule has 5 nitrogen and oxygen atoms in total. The maximum Gasteiger partial charge on any atom is 0.244 e. The second kappa shape index (κ2) is 6.04. The van der Waals surface area contributed by atoms with Gasteiger partial charge in [-0.2, -0.15) is 0 Å². The van der Waals surface area contributed by atoms with Crippen molar-refractivity contribution in [1.82, 2.24) is 9.55 Å². The summed E-state index contributed by atoms with van der Waals surface area (Å²) in [5.41, 5.74) is 4.22. The zero-order valence-electron chi connectivity index (χ0n) is 13.8. The lowest BCUT2D eigenvalue weighted by Crippen LogP contribution is -2.19. The van der Waals surface area contributed by atoms with Crippen molar-refractivity contribution >= 4 is 49.5 Å². The van der Waals surface area contributed by atoms with Crippen molar-refractivity contribution in [3.8, 4) is 0 Å². The van der Waals surface area contributed by atoms with Crippen molar-refractivity contribution in [2.24, 2.45) is 0 Å². The van der Waals surface area contributed by atoms with Crippen molar-refractivity contribution in [2.45, 2.75) is 20.4 Å². The molecule has 6 heteroatoms. The van der Waals surface area contributed by atoms with Gasteiger partial charge in [0.1, 0.15) is 12.1 Å². The molecule has 0 aliphatic heterocycles. The number of halogens is 1. The topological polar surface area (TPSA) is 60.1 Å².